The van der Waals surface area contributed by atoms with Crippen LogP contribution in [0.25, 0.3) is 22.4 Å². The predicted octanol–water partition coefficient (Wildman–Crippen LogP) is 4.35. The quantitative estimate of drug-likeness (QED) is 0.484. The number of benzene rings is 2. The van der Waals surface area contributed by atoms with E-state index in [1.54, 1.807) is 6.20 Å². The lowest BCUT2D eigenvalue weighted by Gasteiger charge is -2.25. The summed E-state index contributed by atoms with van der Waals surface area (Å²) in [6.45, 7) is 1.37. The van der Waals surface area contributed by atoms with E-state index in [1.165, 1.54) is 0 Å². The highest BCUT2D eigenvalue weighted by molar-refractivity contribution is 5.83. The number of nitrogens with one attached hydrogen (secondary N) is 2. The summed E-state index contributed by atoms with van der Waals surface area (Å²) < 4.78 is 1.93. The van der Waals surface area contributed by atoms with Gasteiger partial charge in [0.2, 0.25) is 5.91 Å². The third-order valence-electron chi connectivity index (χ3n) is 5.72. The van der Waals surface area contributed by atoms with E-state index in [4.69, 9.17) is 5.10 Å². The minimum Gasteiger partial charge on any atom is -0.381 e. The molecule has 1 amide bonds. The van der Waals surface area contributed by atoms with Crippen molar-refractivity contribution in [1.82, 2.24) is 20.1 Å². The van der Waals surface area contributed by atoms with Crippen molar-refractivity contribution >= 4 is 11.6 Å². The average molecular weight is 424 g/mol. The Hall–Kier alpha value is -3.93. The van der Waals surface area contributed by atoms with Gasteiger partial charge in [-0.1, -0.05) is 42.5 Å². The fourth-order valence-electron chi connectivity index (χ4n) is 4.09. The molecule has 3 heterocycles. The fourth-order valence-corrected chi connectivity index (χ4v) is 4.09. The smallest absolute Gasteiger partial charge is 0.222 e. The molecule has 0 radical (unpaired) electrons. The first kappa shape index (κ1) is 20.0. The summed E-state index contributed by atoms with van der Waals surface area (Å²) in [6, 6.07) is 22.9. The van der Waals surface area contributed by atoms with Gasteiger partial charge in [-0.15, -0.1) is 0 Å². The van der Waals surface area contributed by atoms with Gasteiger partial charge in [-0.25, -0.2) is 0 Å². The van der Waals surface area contributed by atoms with Gasteiger partial charge in [0.1, 0.15) is 0 Å². The summed E-state index contributed by atoms with van der Waals surface area (Å²) in [4.78, 5) is 16.1. The molecule has 0 saturated carbocycles. The molecular weight excluding hydrogens is 398 g/mol. The van der Waals surface area contributed by atoms with Gasteiger partial charge in [0, 0.05) is 48.8 Å². The summed E-state index contributed by atoms with van der Waals surface area (Å²) >= 11 is 0. The van der Waals surface area contributed by atoms with Gasteiger partial charge in [-0.3, -0.25) is 14.5 Å². The van der Waals surface area contributed by atoms with Crippen LogP contribution in [0.5, 0.6) is 0 Å². The van der Waals surface area contributed by atoms with E-state index in [0.717, 1.165) is 40.1 Å². The largest absolute Gasteiger partial charge is 0.381 e. The molecule has 1 fully saturated rings. The Kier molecular flexibility index (Phi) is 5.66. The van der Waals surface area contributed by atoms with E-state index < -0.39 is 0 Å². The number of aromatic nitrogens is 3. The van der Waals surface area contributed by atoms with Gasteiger partial charge < -0.3 is 10.6 Å². The SMILES string of the molecule is O=C1CC(Nc2ccc(-c3ccccc3)cc2-c2ccn(Cc3cccnc3)n2)CCN1. The van der Waals surface area contributed by atoms with Gasteiger partial charge in [0.05, 0.1) is 12.2 Å². The molecule has 5 rings (SSSR count). The van der Waals surface area contributed by atoms with Crippen molar-refractivity contribution in [3.8, 4) is 22.4 Å². The van der Waals surface area contributed by atoms with Crippen LogP contribution in [0.1, 0.15) is 18.4 Å². The van der Waals surface area contributed by atoms with Gasteiger partial charge in [0.25, 0.3) is 0 Å². The number of carbonyl (C=O) groups is 1. The number of amides is 1. The third kappa shape index (κ3) is 4.54. The number of pyridine rings is 1. The Morgan fingerprint density at radius 1 is 1.03 bits per heavy atom. The molecule has 0 aliphatic carbocycles. The topological polar surface area (TPSA) is 71.8 Å². The molecule has 2 aromatic carbocycles. The van der Waals surface area contributed by atoms with Crippen molar-refractivity contribution < 1.29 is 4.79 Å². The molecular formula is C26H25N5O. The second-order valence-corrected chi connectivity index (χ2v) is 8.07. The fraction of sp³-hybridized carbons (Fsp3) is 0.192. The summed E-state index contributed by atoms with van der Waals surface area (Å²) in [5.74, 6) is 0.0944. The molecule has 2 aromatic heterocycles. The zero-order valence-corrected chi connectivity index (χ0v) is 17.7. The Morgan fingerprint density at radius 2 is 1.94 bits per heavy atom. The highest BCUT2D eigenvalue weighted by Gasteiger charge is 2.20. The van der Waals surface area contributed by atoms with Crippen LogP contribution < -0.4 is 10.6 Å². The first-order valence-corrected chi connectivity index (χ1v) is 10.9. The minimum atomic E-state index is 0.0944. The van der Waals surface area contributed by atoms with Crippen molar-refractivity contribution in [2.24, 2.45) is 0 Å². The van der Waals surface area contributed by atoms with Crippen LogP contribution in [0.15, 0.2) is 85.3 Å². The Balaban J connectivity index is 1.48. The number of nitrogens with zero attached hydrogens (tertiary/aromatic N) is 3. The molecule has 6 nitrogen and oxygen atoms in total. The standard InChI is InChI=1S/C26H25N5O/c32-26-16-22(10-13-28-26)29-24-9-8-21(20-6-2-1-3-7-20)15-23(24)25-11-14-31(30-25)18-19-5-4-12-27-17-19/h1-9,11-12,14-15,17,22,29H,10,13,16,18H2,(H,28,32). The summed E-state index contributed by atoms with van der Waals surface area (Å²) in [5, 5.41) is 11.3. The molecule has 160 valence electrons. The van der Waals surface area contributed by atoms with Crippen LogP contribution in [-0.2, 0) is 11.3 Å². The van der Waals surface area contributed by atoms with Crippen LogP contribution in [-0.4, -0.2) is 33.3 Å². The second kappa shape index (κ2) is 9.06. The zero-order chi connectivity index (χ0) is 21.8. The normalized spacial score (nSPS) is 15.9. The van der Waals surface area contributed by atoms with Gasteiger partial charge in [-0.2, -0.15) is 5.10 Å². The Bertz CT molecular complexity index is 1200. The number of rotatable bonds is 6. The molecule has 0 spiro atoms. The number of hydrogen-bond donors (Lipinski definition) is 2. The minimum absolute atomic E-state index is 0.0944. The van der Waals surface area contributed by atoms with Gasteiger partial charge >= 0.3 is 0 Å². The monoisotopic (exact) mass is 423 g/mol. The maximum atomic E-state index is 11.9. The number of hydrogen-bond acceptors (Lipinski definition) is 4. The molecule has 1 saturated heterocycles. The number of carbonyl (C=O) groups excluding carboxylic acids is 1. The molecule has 1 aliphatic rings. The highest BCUT2D eigenvalue weighted by atomic mass is 16.1. The first-order chi connectivity index (χ1) is 15.7. The van der Waals surface area contributed by atoms with E-state index in [1.807, 2.05) is 53.5 Å². The Morgan fingerprint density at radius 3 is 2.75 bits per heavy atom. The molecule has 6 heteroatoms. The van der Waals surface area contributed by atoms with Crippen LogP contribution in [0.2, 0.25) is 0 Å². The molecule has 1 aliphatic heterocycles. The summed E-state index contributed by atoms with van der Waals surface area (Å²) in [6.07, 6.45) is 7.01. The molecule has 0 bridgehead atoms. The van der Waals surface area contributed by atoms with Crippen LogP contribution in [0.4, 0.5) is 5.69 Å². The number of anilines is 1. The maximum Gasteiger partial charge on any atom is 0.222 e. The molecule has 1 unspecified atom stereocenters. The van der Waals surface area contributed by atoms with E-state index >= 15 is 0 Å². The van der Waals surface area contributed by atoms with Crippen molar-refractivity contribution in [3.63, 3.8) is 0 Å². The van der Waals surface area contributed by atoms with Gasteiger partial charge in [0.15, 0.2) is 0 Å². The average Bonchev–Trinajstić information content (AvgIpc) is 3.29. The molecule has 2 N–H and O–H groups in total. The van der Waals surface area contributed by atoms with E-state index in [-0.39, 0.29) is 11.9 Å². The van der Waals surface area contributed by atoms with Gasteiger partial charge in [-0.05, 0) is 47.4 Å². The van der Waals surface area contributed by atoms with Crippen molar-refractivity contribution in [1.29, 1.82) is 0 Å². The summed E-state index contributed by atoms with van der Waals surface area (Å²) in [5.41, 5.74) is 6.32. The highest BCUT2D eigenvalue weighted by Crippen LogP contribution is 2.33. The van der Waals surface area contributed by atoms with E-state index in [2.05, 4.69) is 45.9 Å². The lowest BCUT2D eigenvalue weighted by molar-refractivity contribution is -0.122. The van der Waals surface area contributed by atoms with Crippen molar-refractivity contribution in [2.75, 3.05) is 11.9 Å². The predicted molar refractivity (Wildman–Crippen MR) is 126 cm³/mol. The second-order valence-electron chi connectivity index (χ2n) is 8.07. The first-order valence-electron chi connectivity index (χ1n) is 10.9. The summed E-state index contributed by atoms with van der Waals surface area (Å²) in [7, 11) is 0. The van der Waals surface area contributed by atoms with E-state index in [0.29, 0.717) is 19.5 Å². The lowest BCUT2D eigenvalue weighted by atomic mass is 9.99. The van der Waals surface area contributed by atoms with E-state index in [9.17, 15) is 4.79 Å². The maximum absolute atomic E-state index is 11.9. The van der Waals surface area contributed by atoms with Crippen molar-refractivity contribution in [3.05, 3.63) is 90.9 Å². The molecule has 32 heavy (non-hydrogen) atoms. The molecule has 1 atom stereocenters. The van der Waals surface area contributed by atoms with Crippen LogP contribution in [0, 0.1) is 0 Å². The van der Waals surface area contributed by atoms with Crippen molar-refractivity contribution in [2.45, 2.75) is 25.4 Å². The Labute approximate surface area is 187 Å². The molecule has 4 aromatic rings. The van der Waals surface area contributed by atoms with Crippen LogP contribution >= 0.6 is 0 Å². The van der Waals surface area contributed by atoms with Crippen LogP contribution in [0.3, 0.4) is 0 Å². The number of piperidine rings is 1. The lowest BCUT2D eigenvalue weighted by Crippen LogP contribution is -2.39. The zero-order valence-electron chi connectivity index (χ0n) is 17.7. The third-order valence-corrected chi connectivity index (χ3v) is 5.72.